The molecule has 7 nitrogen and oxygen atoms in total. The number of nitrogens with zero attached hydrogens (tertiary/aromatic N) is 3. The lowest BCUT2D eigenvalue weighted by Crippen LogP contribution is -2.29. The molecule has 1 N–H and O–H groups in total. The van der Waals surface area contributed by atoms with Gasteiger partial charge in [0.05, 0.1) is 11.9 Å². The van der Waals surface area contributed by atoms with Crippen LogP contribution in [0.4, 0.5) is 0 Å². The fourth-order valence-corrected chi connectivity index (χ4v) is 3.67. The average molecular weight is 436 g/mol. The number of para-hydroxylation sites is 1. The van der Waals surface area contributed by atoms with Crippen molar-refractivity contribution in [2.75, 3.05) is 0 Å². The number of carbonyl (C=O) groups is 1. The van der Waals surface area contributed by atoms with Gasteiger partial charge >= 0.3 is 0 Å². The van der Waals surface area contributed by atoms with E-state index in [1.165, 1.54) is 4.68 Å². The topological polar surface area (TPSA) is 89.5 Å². The van der Waals surface area contributed by atoms with Gasteiger partial charge in [-0.3, -0.25) is 9.59 Å². The summed E-state index contributed by atoms with van der Waals surface area (Å²) in [5, 5.41) is 10.4. The van der Waals surface area contributed by atoms with E-state index in [2.05, 4.69) is 15.6 Å². The van der Waals surface area contributed by atoms with Crippen LogP contribution < -0.4 is 11.0 Å². The Morgan fingerprint density at radius 2 is 1.67 bits per heavy atom. The molecule has 33 heavy (non-hydrogen) atoms. The molecule has 0 spiro atoms. The number of fused-ring (bicyclic) bond motifs is 2. The van der Waals surface area contributed by atoms with Crippen LogP contribution in [0.2, 0.25) is 0 Å². The maximum Gasteiger partial charge on any atom is 0.292 e. The molecule has 0 aliphatic carbocycles. The van der Waals surface area contributed by atoms with Gasteiger partial charge in [0.2, 0.25) is 0 Å². The number of nitrogens with one attached hydrogen (secondary N) is 1. The number of hydrogen-bond acceptors (Lipinski definition) is 5. The zero-order chi connectivity index (χ0) is 22.8. The number of aromatic nitrogens is 2. The quantitative estimate of drug-likeness (QED) is 0.328. The minimum absolute atomic E-state index is 0.127. The first kappa shape index (κ1) is 20.4. The van der Waals surface area contributed by atoms with Gasteiger partial charge in [-0.25, -0.2) is 10.1 Å². The van der Waals surface area contributed by atoms with Crippen molar-refractivity contribution >= 4 is 33.4 Å². The largest absolute Gasteiger partial charge is 0.455 e. The Labute approximate surface area is 189 Å². The summed E-state index contributed by atoms with van der Waals surface area (Å²) in [6, 6.07) is 26.0. The predicted octanol–water partition coefficient (Wildman–Crippen LogP) is 4.35. The number of carbonyl (C=O) groups excluding carboxylic acids is 1. The third-order valence-electron chi connectivity index (χ3n) is 5.37. The first-order valence-corrected chi connectivity index (χ1v) is 10.5. The smallest absolute Gasteiger partial charge is 0.292 e. The Kier molecular flexibility index (Phi) is 5.28. The van der Waals surface area contributed by atoms with Crippen molar-refractivity contribution in [3.63, 3.8) is 0 Å². The second kappa shape index (κ2) is 8.55. The maximum absolute atomic E-state index is 13.1. The standard InChI is InChI=1S/C26H20N4O3/c1-17(23-15-19-11-5-8-14-22(19)33-23)27-28-25(31)24-20-12-6-7-13-21(20)26(32)30(29-24)16-18-9-3-2-4-10-18/h2-15H,16H2,1H3,(H,28,31). The van der Waals surface area contributed by atoms with Gasteiger partial charge in [-0.2, -0.15) is 10.2 Å². The van der Waals surface area contributed by atoms with E-state index in [0.717, 1.165) is 16.5 Å². The first-order valence-electron chi connectivity index (χ1n) is 10.5. The number of rotatable bonds is 5. The number of hydrogen-bond donors (Lipinski definition) is 1. The number of amides is 1. The third-order valence-corrected chi connectivity index (χ3v) is 5.37. The molecule has 7 heteroatoms. The van der Waals surface area contributed by atoms with E-state index in [9.17, 15) is 9.59 Å². The number of benzene rings is 3. The van der Waals surface area contributed by atoms with E-state index < -0.39 is 5.91 Å². The summed E-state index contributed by atoms with van der Waals surface area (Å²) < 4.78 is 7.10. The Balaban J connectivity index is 1.49. The highest BCUT2D eigenvalue weighted by atomic mass is 16.3. The van der Waals surface area contributed by atoms with Gasteiger partial charge < -0.3 is 4.42 Å². The summed E-state index contributed by atoms with van der Waals surface area (Å²) in [6.45, 7) is 2.01. The van der Waals surface area contributed by atoms with E-state index >= 15 is 0 Å². The SMILES string of the molecule is CC(=NNC(=O)c1nn(Cc2ccccc2)c(=O)c2ccccc12)c1cc2ccccc2o1. The lowest BCUT2D eigenvalue weighted by atomic mass is 10.1. The van der Waals surface area contributed by atoms with Crippen LogP contribution in [0.15, 0.2) is 99.2 Å². The summed E-state index contributed by atoms with van der Waals surface area (Å²) >= 11 is 0. The molecule has 0 aliphatic rings. The Hall–Kier alpha value is -4.52. The van der Waals surface area contributed by atoms with Crippen LogP contribution in [0.5, 0.6) is 0 Å². The number of hydrazone groups is 1. The monoisotopic (exact) mass is 436 g/mol. The van der Waals surface area contributed by atoms with Crippen molar-refractivity contribution in [2.24, 2.45) is 5.10 Å². The van der Waals surface area contributed by atoms with Crippen molar-refractivity contribution in [3.8, 4) is 0 Å². The zero-order valence-electron chi connectivity index (χ0n) is 17.9. The van der Waals surface area contributed by atoms with Gasteiger partial charge in [0, 0.05) is 10.8 Å². The molecule has 162 valence electrons. The van der Waals surface area contributed by atoms with Gasteiger partial charge in [0.15, 0.2) is 11.5 Å². The van der Waals surface area contributed by atoms with E-state index in [4.69, 9.17) is 4.42 Å². The van der Waals surface area contributed by atoms with E-state index in [1.807, 2.05) is 60.7 Å². The lowest BCUT2D eigenvalue weighted by Gasteiger charge is -2.10. The van der Waals surface area contributed by atoms with Crippen molar-refractivity contribution in [2.45, 2.75) is 13.5 Å². The molecule has 0 unspecified atom stereocenters. The minimum atomic E-state index is -0.511. The van der Waals surface area contributed by atoms with Gasteiger partial charge in [-0.05, 0) is 30.7 Å². The Bertz CT molecular complexity index is 1530. The molecule has 5 rings (SSSR count). The van der Waals surface area contributed by atoms with Crippen molar-refractivity contribution < 1.29 is 9.21 Å². The summed E-state index contributed by atoms with van der Waals surface area (Å²) in [6.07, 6.45) is 0. The third kappa shape index (κ3) is 4.04. The summed E-state index contributed by atoms with van der Waals surface area (Å²) in [5.41, 5.74) is 4.60. The molecule has 0 radical (unpaired) electrons. The molecule has 0 bridgehead atoms. The highest BCUT2D eigenvalue weighted by Gasteiger charge is 2.17. The van der Waals surface area contributed by atoms with Crippen LogP contribution in [0.25, 0.3) is 21.7 Å². The Morgan fingerprint density at radius 1 is 0.970 bits per heavy atom. The lowest BCUT2D eigenvalue weighted by molar-refractivity contribution is 0.0949. The normalized spacial score (nSPS) is 11.7. The van der Waals surface area contributed by atoms with Crippen LogP contribution in [0.3, 0.4) is 0 Å². The van der Waals surface area contributed by atoms with E-state index in [-0.39, 0.29) is 17.8 Å². The van der Waals surface area contributed by atoms with Crippen LogP contribution in [-0.2, 0) is 6.54 Å². The molecule has 2 heterocycles. The van der Waals surface area contributed by atoms with Crippen LogP contribution in [-0.4, -0.2) is 21.4 Å². The molecule has 0 atom stereocenters. The summed E-state index contributed by atoms with van der Waals surface area (Å²) in [7, 11) is 0. The van der Waals surface area contributed by atoms with Gasteiger partial charge in [-0.1, -0.05) is 66.7 Å². The predicted molar refractivity (Wildman–Crippen MR) is 127 cm³/mol. The number of furan rings is 1. The molecule has 0 saturated carbocycles. The molecular weight excluding hydrogens is 416 g/mol. The van der Waals surface area contributed by atoms with Crippen LogP contribution in [0.1, 0.15) is 28.7 Å². The van der Waals surface area contributed by atoms with Gasteiger partial charge in [0.1, 0.15) is 11.3 Å². The van der Waals surface area contributed by atoms with Gasteiger partial charge in [-0.15, -0.1) is 0 Å². The maximum atomic E-state index is 13.1. The fraction of sp³-hybridized carbons (Fsp3) is 0.0769. The van der Waals surface area contributed by atoms with E-state index in [1.54, 1.807) is 31.2 Å². The Morgan fingerprint density at radius 3 is 2.45 bits per heavy atom. The molecule has 0 aliphatic heterocycles. The molecular formula is C26H20N4O3. The fourth-order valence-electron chi connectivity index (χ4n) is 3.67. The molecule has 5 aromatic rings. The summed E-state index contributed by atoms with van der Waals surface area (Å²) in [4.78, 5) is 26.0. The second-order valence-corrected chi connectivity index (χ2v) is 7.63. The average Bonchev–Trinajstić information content (AvgIpc) is 3.29. The van der Waals surface area contributed by atoms with Crippen molar-refractivity contribution in [3.05, 3.63) is 112 Å². The van der Waals surface area contributed by atoms with Crippen molar-refractivity contribution in [1.29, 1.82) is 0 Å². The minimum Gasteiger partial charge on any atom is -0.455 e. The second-order valence-electron chi connectivity index (χ2n) is 7.63. The van der Waals surface area contributed by atoms with Gasteiger partial charge in [0.25, 0.3) is 11.5 Å². The molecule has 1 amide bonds. The highest BCUT2D eigenvalue weighted by Crippen LogP contribution is 2.19. The van der Waals surface area contributed by atoms with Crippen LogP contribution >= 0.6 is 0 Å². The highest BCUT2D eigenvalue weighted by molar-refractivity contribution is 6.06. The van der Waals surface area contributed by atoms with Crippen LogP contribution in [0, 0.1) is 0 Å². The zero-order valence-corrected chi connectivity index (χ0v) is 17.9. The molecule has 0 saturated heterocycles. The summed E-state index contributed by atoms with van der Waals surface area (Å²) in [5.74, 6) is 0.0480. The molecule has 0 fully saturated rings. The van der Waals surface area contributed by atoms with Crippen molar-refractivity contribution in [1.82, 2.24) is 15.2 Å². The first-order chi connectivity index (χ1) is 16.1. The molecule has 2 aromatic heterocycles. The van der Waals surface area contributed by atoms with E-state index in [0.29, 0.717) is 22.2 Å². The molecule has 3 aromatic carbocycles.